The van der Waals surface area contributed by atoms with Gasteiger partial charge in [-0.1, -0.05) is 115 Å². The molecule has 0 saturated carbocycles. The van der Waals surface area contributed by atoms with E-state index in [0.29, 0.717) is 0 Å². The molecule has 0 spiro atoms. The molecule has 0 aliphatic carbocycles. The van der Waals surface area contributed by atoms with E-state index >= 15 is 0 Å². The Morgan fingerprint density at radius 2 is 1.29 bits per heavy atom. The van der Waals surface area contributed by atoms with Crippen molar-refractivity contribution in [1.29, 1.82) is 0 Å². The molecule has 1 N–H and O–H groups in total. The van der Waals surface area contributed by atoms with Gasteiger partial charge in [-0.15, -0.1) is 0 Å². The van der Waals surface area contributed by atoms with Gasteiger partial charge in [0, 0.05) is 32.1 Å². The zero-order valence-corrected chi connectivity index (χ0v) is 25.0. The number of hydrogen-bond acceptors (Lipinski definition) is 3. The second-order valence-corrected chi connectivity index (χ2v) is 12.9. The van der Waals surface area contributed by atoms with Crippen LogP contribution in [0.2, 0.25) is 0 Å². The molecular formula is C41H26N2OS. The van der Waals surface area contributed by atoms with E-state index in [1.54, 1.807) is 0 Å². The molecule has 3 nitrogen and oxygen atoms in total. The van der Waals surface area contributed by atoms with E-state index < -0.39 is 0 Å². The van der Waals surface area contributed by atoms with Crippen LogP contribution >= 0.6 is 11.8 Å². The predicted octanol–water partition coefficient (Wildman–Crippen LogP) is 11.7. The van der Waals surface area contributed by atoms with Crippen LogP contribution in [0.5, 0.6) is 0 Å². The van der Waals surface area contributed by atoms with Crippen LogP contribution in [-0.4, -0.2) is 4.57 Å². The van der Waals surface area contributed by atoms with Crippen molar-refractivity contribution in [3.63, 3.8) is 0 Å². The number of fused-ring (bicyclic) bond motifs is 10. The first-order chi connectivity index (χ1) is 22.3. The minimum absolute atomic E-state index is 0.126. The lowest BCUT2D eigenvalue weighted by Gasteiger charge is -2.15. The number of hydrogen-bond donors (Lipinski definition) is 1. The highest BCUT2D eigenvalue weighted by Crippen LogP contribution is 2.51. The summed E-state index contributed by atoms with van der Waals surface area (Å²) in [5.74, 6) is 0. The van der Waals surface area contributed by atoms with Crippen LogP contribution in [0.4, 0.5) is 5.69 Å². The SMILES string of the molecule is c1ccc(-c2cc3c4ccccc4n(-c4ccc(C5Nc6c(ccc7oc8ccccc8c67)S5)cc4)c3c3ccccc23)cc1. The standard InChI is InChI=1S/C41H26N2OS/c1-2-10-25(11-3-1)32-24-33-29-13-6-8-16-34(29)43(40(33)30-14-5-4-12-28(30)32)27-20-18-26(19-21-27)41-42-39-37(45-41)23-22-36-38(39)31-15-7-9-17-35(31)44-36/h1-24,41-42H. The first kappa shape index (κ1) is 24.9. The Kier molecular flexibility index (Phi) is 5.28. The minimum atomic E-state index is 0.126. The van der Waals surface area contributed by atoms with Crippen molar-refractivity contribution in [1.82, 2.24) is 4.57 Å². The highest BCUT2D eigenvalue weighted by molar-refractivity contribution is 8.00. The van der Waals surface area contributed by atoms with Crippen molar-refractivity contribution >= 4 is 72.0 Å². The smallest absolute Gasteiger partial charge is 0.137 e. The van der Waals surface area contributed by atoms with Crippen LogP contribution in [0.1, 0.15) is 10.9 Å². The van der Waals surface area contributed by atoms with Gasteiger partial charge in [-0.25, -0.2) is 0 Å². The molecule has 3 heterocycles. The molecule has 212 valence electrons. The maximum atomic E-state index is 6.16. The van der Waals surface area contributed by atoms with Gasteiger partial charge in [0.25, 0.3) is 0 Å². The second kappa shape index (κ2) is 9.52. The zero-order chi connectivity index (χ0) is 29.5. The molecular weight excluding hydrogens is 569 g/mol. The number of nitrogens with zero attached hydrogens (tertiary/aromatic N) is 1. The Hall–Kier alpha value is -5.45. The number of nitrogens with one attached hydrogen (secondary N) is 1. The van der Waals surface area contributed by atoms with Crippen molar-refractivity contribution in [3.05, 3.63) is 151 Å². The zero-order valence-electron chi connectivity index (χ0n) is 24.2. The van der Waals surface area contributed by atoms with E-state index in [4.69, 9.17) is 4.42 Å². The molecule has 9 aromatic rings. The molecule has 10 rings (SSSR count). The molecule has 1 aliphatic rings. The van der Waals surface area contributed by atoms with Crippen molar-refractivity contribution in [2.45, 2.75) is 10.3 Å². The largest absolute Gasteiger partial charge is 0.456 e. The molecule has 0 radical (unpaired) electrons. The molecule has 0 amide bonds. The number of benzene rings is 7. The number of rotatable bonds is 3. The molecule has 2 aromatic heterocycles. The van der Waals surface area contributed by atoms with Gasteiger partial charge in [0.1, 0.15) is 16.5 Å². The predicted molar refractivity (Wildman–Crippen MR) is 190 cm³/mol. The molecule has 1 aliphatic heterocycles. The lowest BCUT2D eigenvalue weighted by atomic mass is 9.95. The van der Waals surface area contributed by atoms with Gasteiger partial charge in [0.15, 0.2) is 0 Å². The Morgan fingerprint density at radius 3 is 2.13 bits per heavy atom. The Bertz CT molecular complexity index is 2600. The number of aromatic nitrogens is 1. The highest BCUT2D eigenvalue weighted by Gasteiger charge is 2.27. The lowest BCUT2D eigenvalue weighted by molar-refractivity contribution is 0.669. The molecule has 1 unspecified atom stereocenters. The van der Waals surface area contributed by atoms with Crippen molar-refractivity contribution < 1.29 is 4.42 Å². The second-order valence-electron chi connectivity index (χ2n) is 11.7. The summed E-state index contributed by atoms with van der Waals surface area (Å²) < 4.78 is 8.60. The average molecular weight is 595 g/mol. The first-order valence-electron chi connectivity index (χ1n) is 15.3. The van der Waals surface area contributed by atoms with Gasteiger partial charge in [-0.2, -0.15) is 0 Å². The summed E-state index contributed by atoms with van der Waals surface area (Å²) in [5, 5.41) is 11.3. The maximum Gasteiger partial charge on any atom is 0.137 e. The molecule has 0 bridgehead atoms. The monoisotopic (exact) mass is 594 g/mol. The first-order valence-corrected chi connectivity index (χ1v) is 16.2. The fraction of sp³-hybridized carbons (Fsp3) is 0.0244. The number of anilines is 1. The molecule has 4 heteroatoms. The van der Waals surface area contributed by atoms with Gasteiger partial charge >= 0.3 is 0 Å². The van der Waals surface area contributed by atoms with Crippen molar-refractivity contribution in [2.24, 2.45) is 0 Å². The van der Waals surface area contributed by atoms with Gasteiger partial charge in [0.2, 0.25) is 0 Å². The molecule has 45 heavy (non-hydrogen) atoms. The normalized spacial score (nSPS) is 14.5. The van der Waals surface area contributed by atoms with Crippen LogP contribution in [0.25, 0.3) is 71.3 Å². The Labute approximate surface area is 263 Å². The summed E-state index contributed by atoms with van der Waals surface area (Å²) in [5.41, 5.74) is 10.4. The average Bonchev–Trinajstić information content (AvgIpc) is 3.80. The van der Waals surface area contributed by atoms with Crippen LogP contribution < -0.4 is 5.32 Å². The van der Waals surface area contributed by atoms with Crippen LogP contribution in [0, 0.1) is 0 Å². The van der Waals surface area contributed by atoms with Crippen LogP contribution in [-0.2, 0) is 0 Å². The van der Waals surface area contributed by atoms with Gasteiger partial charge < -0.3 is 14.3 Å². The minimum Gasteiger partial charge on any atom is -0.456 e. The van der Waals surface area contributed by atoms with E-state index in [9.17, 15) is 0 Å². The lowest BCUT2D eigenvalue weighted by Crippen LogP contribution is -2.02. The summed E-state index contributed by atoms with van der Waals surface area (Å²) in [6.07, 6.45) is 0. The van der Waals surface area contributed by atoms with Crippen molar-refractivity contribution in [2.75, 3.05) is 5.32 Å². The summed E-state index contributed by atoms with van der Waals surface area (Å²) in [6.45, 7) is 0. The topological polar surface area (TPSA) is 30.1 Å². The maximum absolute atomic E-state index is 6.16. The van der Waals surface area contributed by atoms with E-state index in [2.05, 4.69) is 143 Å². The molecule has 0 saturated heterocycles. The fourth-order valence-corrected chi connectivity index (χ4v) is 8.37. The van der Waals surface area contributed by atoms with Crippen LogP contribution in [0.3, 0.4) is 0 Å². The van der Waals surface area contributed by atoms with Gasteiger partial charge in [0.05, 0.1) is 22.1 Å². The quantitative estimate of drug-likeness (QED) is 0.221. The van der Waals surface area contributed by atoms with Crippen molar-refractivity contribution in [3.8, 4) is 16.8 Å². The Morgan fingerprint density at radius 1 is 0.578 bits per heavy atom. The summed E-state index contributed by atoms with van der Waals surface area (Å²) in [4.78, 5) is 1.26. The third kappa shape index (κ3) is 3.66. The summed E-state index contributed by atoms with van der Waals surface area (Å²) >= 11 is 1.87. The number of furan rings is 1. The third-order valence-electron chi connectivity index (χ3n) is 9.24. The molecule has 1 atom stereocenters. The molecule has 7 aromatic carbocycles. The van der Waals surface area contributed by atoms with E-state index in [0.717, 1.165) is 22.2 Å². The van der Waals surface area contributed by atoms with Crippen LogP contribution in [0.15, 0.2) is 155 Å². The van der Waals surface area contributed by atoms with E-state index in [1.165, 1.54) is 65.2 Å². The highest BCUT2D eigenvalue weighted by atomic mass is 32.2. The molecule has 0 fully saturated rings. The van der Waals surface area contributed by atoms with Gasteiger partial charge in [-0.3, -0.25) is 0 Å². The summed E-state index contributed by atoms with van der Waals surface area (Å²) in [7, 11) is 0. The Balaban J connectivity index is 1.11. The third-order valence-corrected chi connectivity index (χ3v) is 10.5. The fourth-order valence-electron chi connectivity index (χ4n) is 7.22. The van der Waals surface area contributed by atoms with E-state index in [-0.39, 0.29) is 5.37 Å². The summed E-state index contributed by atoms with van der Waals surface area (Å²) in [6, 6.07) is 52.4. The number of thioether (sulfide) groups is 1. The number of para-hydroxylation sites is 2. The van der Waals surface area contributed by atoms with Gasteiger partial charge in [-0.05, 0) is 64.5 Å². The van der Waals surface area contributed by atoms with E-state index in [1.807, 2.05) is 23.9 Å².